The Kier molecular flexibility index (Phi) is 6.97. The summed E-state index contributed by atoms with van der Waals surface area (Å²) >= 11 is 0. The predicted octanol–water partition coefficient (Wildman–Crippen LogP) is 3.73. The van der Waals surface area contributed by atoms with Crippen LogP contribution in [0, 0.1) is 19.7 Å². The van der Waals surface area contributed by atoms with Crippen LogP contribution in [0.3, 0.4) is 0 Å². The summed E-state index contributed by atoms with van der Waals surface area (Å²) in [6.07, 6.45) is 3.44. The molecule has 0 saturated carbocycles. The van der Waals surface area contributed by atoms with E-state index in [-0.39, 0.29) is 23.3 Å². The van der Waals surface area contributed by atoms with Crippen LogP contribution in [0.25, 0.3) is 0 Å². The van der Waals surface area contributed by atoms with E-state index in [1.165, 1.54) is 0 Å². The molecule has 1 N–H and O–H groups in total. The highest BCUT2D eigenvalue weighted by atomic mass is 19.1. The number of pyridine rings is 1. The maximum atomic E-state index is 13.3. The van der Waals surface area contributed by atoms with Gasteiger partial charge in [-0.25, -0.2) is 4.39 Å². The Bertz CT molecular complexity index is 1030. The molecule has 7 heteroatoms. The van der Waals surface area contributed by atoms with Gasteiger partial charge in [-0.1, -0.05) is 12.1 Å². The van der Waals surface area contributed by atoms with E-state index in [4.69, 9.17) is 0 Å². The van der Waals surface area contributed by atoms with Gasteiger partial charge in [-0.05, 0) is 63.8 Å². The lowest BCUT2D eigenvalue weighted by Gasteiger charge is -2.52. The standard InChI is InChI=1S/C27H38FN4O2/c1-19-10-13-32(34)22(4)25(19)26(33)29-14-11-27(5,12-15-29)30-16-17-31(20(2)18-30)21(3)23-6-8-24(28)9-7-23/h6-10,13,20-21,34H,11-12,14-18H2,1-5H3/q+1/t20-,21-/m0/s1. The average molecular weight is 470 g/mol. The third kappa shape index (κ3) is 4.68. The maximum absolute atomic E-state index is 13.3. The van der Waals surface area contributed by atoms with Crippen LogP contribution in [0.1, 0.15) is 66.8 Å². The summed E-state index contributed by atoms with van der Waals surface area (Å²) in [5.41, 5.74) is 3.29. The minimum Gasteiger partial charge on any atom is -0.338 e. The molecule has 184 valence electrons. The molecule has 2 aromatic rings. The number of aromatic nitrogens is 1. The van der Waals surface area contributed by atoms with Crippen molar-refractivity contribution in [2.24, 2.45) is 0 Å². The molecule has 1 aromatic carbocycles. The summed E-state index contributed by atoms with van der Waals surface area (Å²) in [4.78, 5) is 20.3. The molecule has 1 aromatic heterocycles. The normalized spacial score (nSPS) is 22.5. The van der Waals surface area contributed by atoms with Crippen molar-refractivity contribution >= 4 is 5.91 Å². The molecule has 4 rings (SSSR count). The number of piperazine rings is 1. The lowest BCUT2D eigenvalue weighted by molar-refractivity contribution is -0.908. The second-order valence-electron chi connectivity index (χ2n) is 10.4. The number of carbonyl (C=O) groups is 1. The van der Waals surface area contributed by atoms with Crippen molar-refractivity contribution in [3.05, 3.63) is 64.7 Å². The summed E-state index contributed by atoms with van der Waals surface area (Å²) in [6.45, 7) is 14.9. The van der Waals surface area contributed by atoms with E-state index in [1.54, 1.807) is 31.3 Å². The van der Waals surface area contributed by atoms with Crippen molar-refractivity contribution in [1.29, 1.82) is 0 Å². The van der Waals surface area contributed by atoms with E-state index in [2.05, 4.69) is 30.6 Å². The molecule has 6 nitrogen and oxygen atoms in total. The van der Waals surface area contributed by atoms with Crippen molar-refractivity contribution < 1.29 is 19.1 Å². The number of aryl methyl sites for hydroxylation is 1. The van der Waals surface area contributed by atoms with E-state index in [1.807, 2.05) is 24.0 Å². The average Bonchev–Trinajstić information content (AvgIpc) is 2.82. The number of likely N-dealkylation sites (tertiary alicyclic amines) is 1. The zero-order valence-electron chi connectivity index (χ0n) is 21.1. The lowest BCUT2D eigenvalue weighted by atomic mass is 9.86. The summed E-state index contributed by atoms with van der Waals surface area (Å²) in [5, 5.41) is 10.0. The smallest absolute Gasteiger partial charge is 0.260 e. The van der Waals surface area contributed by atoms with Crippen LogP contribution in [0.5, 0.6) is 0 Å². The third-order valence-corrected chi connectivity index (χ3v) is 8.20. The van der Waals surface area contributed by atoms with E-state index in [0.29, 0.717) is 17.3 Å². The van der Waals surface area contributed by atoms with Gasteiger partial charge in [0, 0.05) is 68.1 Å². The Labute approximate surface area is 202 Å². The van der Waals surface area contributed by atoms with Crippen molar-refractivity contribution in [2.45, 2.75) is 65.1 Å². The van der Waals surface area contributed by atoms with Crippen molar-refractivity contribution in [3.63, 3.8) is 0 Å². The molecule has 0 spiro atoms. The van der Waals surface area contributed by atoms with E-state index in [0.717, 1.165) is 61.4 Å². The molecular weight excluding hydrogens is 431 g/mol. The number of benzene rings is 1. The van der Waals surface area contributed by atoms with Gasteiger partial charge >= 0.3 is 0 Å². The molecule has 0 bridgehead atoms. The van der Waals surface area contributed by atoms with Gasteiger partial charge in [0.25, 0.3) is 5.91 Å². The number of hydrogen-bond donors (Lipinski definition) is 1. The quantitative estimate of drug-likeness (QED) is 0.548. The summed E-state index contributed by atoms with van der Waals surface area (Å²) in [6, 6.07) is 9.28. The fourth-order valence-electron chi connectivity index (χ4n) is 5.74. The van der Waals surface area contributed by atoms with Crippen LogP contribution in [0.15, 0.2) is 36.5 Å². The highest BCUT2D eigenvalue weighted by Crippen LogP contribution is 2.33. The zero-order chi connectivity index (χ0) is 24.6. The number of halogens is 1. The van der Waals surface area contributed by atoms with Gasteiger partial charge in [-0.2, -0.15) is 0 Å². The topological polar surface area (TPSA) is 50.9 Å². The van der Waals surface area contributed by atoms with Gasteiger partial charge in [0.05, 0.1) is 0 Å². The van der Waals surface area contributed by atoms with Gasteiger partial charge in [0.2, 0.25) is 11.9 Å². The molecule has 2 fully saturated rings. The minimum absolute atomic E-state index is 0.00626. The number of amides is 1. The summed E-state index contributed by atoms with van der Waals surface area (Å²) < 4.78 is 14.4. The molecule has 2 aliphatic rings. The predicted molar refractivity (Wildman–Crippen MR) is 129 cm³/mol. The molecule has 2 saturated heterocycles. The van der Waals surface area contributed by atoms with Gasteiger partial charge in [0.15, 0.2) is 0 Å². The Morgan fingerprint density at radius 2 is 1.76 bits per heavy atom. The largest absolute Gasteiger partial charge is 0.338 e. The highest BCUT2D eigenvalue weighted by molar-refractivity contribution is 5.96. The Morgan fingerprint density at radius 3 is 2.38 bits per heavy atom. The van der Waals surface area contributed by atoms with E-state index in [9.17, 15) is 14.4 Å². The second kappa shape index (κ2) is 9.62. The maximum Gasteiger partial charge on any atom is 0.260 e. The van der Waals surface area contributed by atoms with Crippen molar-refractivity contribution in [2.75, 3.05) is 32.7 Å². The molecule has 2 aliphatic heterocycles. The van der Waals surface area contributed by atoms with E-state index < -0.39 is 0 Å². The van der Waals surface area contributed by atoms with Gasteiger partial charge in [-0.15, -0.1) is 0 Å². The number of rotatable bonds is 4. The molecule has 2 atom stereocenters. The SMILES string of the molecule is Cc1cc[n+](O)c(C)c1C(=O)N1CCC(C)(N2CCN([C@@H](C)c3ccc(F)cc3)[C@@H](C)C2)CC1. The molecule has 34 heavy (non-hydrogen) atoms. The van der Waals surface area contributed by atoms with Crippen LogP contribution in [-0.2, 0) is 0 Å². The van der Waals surface area contributed by atoms with Gasteiger partial charge < -0.3 is 4.90 Å². The highest BCUT2D eigenvalue weighted by Gasteiger charge is 2.41. The van der Waals surface area contributed by atoms with Gasteiger partial charge in [0.1, 0.15) is 11.4 Å². The number of nitrogens with zero attached hydrogens (tertiary/aromatic N) is 4. The molecular formula is C27H38FN4O2+. The first-order valence-electron chi connectivity index (χ1n) is 12.4. The minimum atomic E-state index is -0.195. The van der Waals surface area contributed by atoms with Crippen molar-refractivity contribution in [1.82, 2.24) is 14.7 Å². The van der Waals surface area contributed by atoms with Crippen molar-refractivity contribution in [3.8, 4) is 0 Å². The first-order valence-corrected chi connectivity index (χ1v) is 12.4. The Hall–Kier alpha value is -2.51. The number of piperidine rings is 1. The van der Waals surface area contributed by atoms with Crippen LogP contribution in [0.2, 0.25) is 0 Å². The molecule has 0 aliphatic carbocycles. The molecule has 0 radical (unpaired) electrons. The summed E-state index contributed by atoms with van der Waals surface area (Å²) in [5.74, 6) is -0.188. The number of hydrogen-bond acceptors (Lipinski definition) is 4. The summed E-state index contributed by atoms with van der Waals surface area (Å²) in [7, 11) is 0. The van der Waals surface area contributed by atoms with Crippen LogP contribution >= 0.6 is 0 Å². The molecule has 3 heterocycles. The molecule has 1 amide bonds. The fraction of sp³-hybridized carbons (Fsp3) is 0.556. The monoisotopic (exact) mass is 469 g/mol. The zero-order valence-corrected chi connectivity index (χ0v) is 21.1. The molecule has 0 unspecified atom stereocenters. The first-order chi connectivity index (χ1) is 16.1. The first kappa shape index (κ1) is 24.6. The number of carbonyl (C=O) groups excluding carboxylic acids is 1. The van der Waals surface area contributed by atoms with Crippen LogP contribution in [0.4, 0.5) is 4.39 Å². The van der Waals surface area contributed by atoms with Crippen LogP contribution in [-0.4, -0.2) is 70.1 Å². The third-order valence-electron chi connectivity index (χ3n) is 8.20. The second-order valence-corrected chi connectivity index (χ2v) is 10.4. The Balaban J connectivity index is 1.38. The van der Waals surface area contributed by atoms with Crippen LogP contribution < -0.4 is 4.73 Å². The lowest BCUT2D eigenvalue weighted by Crippen LogP contribution is -2.62. The van der Waals surface area contributed by atoms with Gasteiger partial charge in [-0.3, -0.25) is 19.8 Å². The van der Waals surface area contributed by atoms with E-state index >= 15 is 0 Å². The Morgan fingerprint density at radius 1 is 1.12 bits per heavy atom. The fourth-order valence-corrected chi connectivity index (χ4v) is 5.74.